The summed E-state index contributed by atoms with van der Waals surface area (Å²) in [7, 11) is 0. The second-order valence-corrected chi connectivity index (χ2v) is 8.09. The van der Waals surface area contributed by atoms with E-state index in [1.807, 2.05) is 0 Å². The van der Waals surface area contributed by atoms with E-state index in [1.54, 1.807) is 35.7 Å². The van der Waals surface area contributed by atoms with E-state index in [1.165, 1.54) is 17.4 Å². The van der Waals surface area contributed by atoms with Gasteiger partial charge in [-0.1, -0.05) is 23.9 Å². The summed E-state index contributed by atoms with van der Waals surface area (Å²) in [5.74, 6) is -1.20. The molecule has 9 heteroatoms. The number of nitrogens with one attached hydrogen (secondary N) is 1. The number of rotatable bonds is 3. The van der Waals surface area contributed by atoms with Gasteiger partial charge in [-0.05, 0) is 63.4 Å². The largest absolute Gasteiger partial charge is 0.285 e. The highest BCUT2D eigenvalue weighted by Gasteiger charge is 2.33. The molecule has 1 aromatic heterocycles. The van der Waals surface area contributed by atoms with Crippen molar-refractivity contribution in [3.05, 3.63) is 61.3 Å². The molecule has 2 aromatic rings. The Morgan fingerprint density at radius 2 is 2.17 bits per heavy atom. The fourth-order valence-electron chi connectivity index (χ4n) is 1.88. The Balaban J connectivity index is 1.79. The van der Waals surface area contributed by atoms with Gasteiger partial charge < -0.3 is 0 Å². The van der Waals surface area contributed by atoms with Crippen molar-refractivity contribution < 1.29 is 14.0 Å². The molecular formula is C15H8BrFN2O2S3. The lowest BCUT2D eigenvalue weighted by atomic mass is 10.2. The molecule has 0 atom stereocenters. The average molecular weight is 443 g/mol. The molecule has 1 aromatic carbocycles. The van der Waals surface area contributed by atoms with E-state index in [0.29, 0.717) is 19.8 Å². The molecule has 122 valence electrons. The molecule has 0 aliphatic carbocycles. The van der Waals surface area contributed by atoms with Crippen LogP contribution in [0.2, 0.25) is 0 Å². The lowest BCUT2D eigenvalue weighted by molar-refractivity contribution is -0.123. The maximum atomic E-state index is 13.3. The summed E-state index contributed by atoms with van der Waals surface area (Å²) >= 11 is 10.6. The zero-order valence-electron chi connectivity index (χ0n) is 11.8. The van der Waals surface area contributed by atoms with Crippen LogP contribution in [0.15, 0.2) is 45.1 Å². The molecule has 1 aliphatic rings. The van der Waals surface area contributed by atoms with Crippen LogP contribution in [0, 0.1) is 5.82 Å². The molecule has 3 rings (SSSR count). The molecule has 0 saturated carbocycles. The van der Waals surface area contributed by atoms with Crippen LogP contribution in [-0.4, -0.2) is 21.1 Å². The standard InChI is InChI=1S/C15H8BrFN2O2S3/c16-9-6-8(3-4-10(9)17)7-12-14(21)19(15(22)24-12)18-13(20)11-2-1-5-23-11/h1-7H,(H,18,20)/b12-7+. The van der Waals surface area contributed by atoms with Gasteiger partial charge in [-0.3, -0.25) is 15.0 Å². The first kappa shape index (κ1) is 17.3. The Labute approximate surface area is 158 Å². The number of hydrogen-bond acceptors (Lipinski definition) is 5. The number of carbonyl (C=O) groups is 2. The minimum atomic E-state index is -0.421. The van der Waals surface area contributed by atoms with Gasteiger partial charge in [0.05, 0.1) is 14.3 Å². The van der Waals surface area contributed by atoms with Crippen molar-refractivity contribution in [2.75, 3.05) is 0 Å². The Bertz CT molecular complexity index is 868. The van der Waals surface area contributed by atoms with Crippen LogP contribution in [-0.2, 0) is 4.79 Å². The zero-order valence-corrected chi connectivity index (χ0v) is 15.8. The van der Waals surface area contributed by atoms with Crippen LogP contribution in [0.1, 0.15) is 15.2 Å². The van der Waals surface area contributed by atoms with E-state index >= 15 is 0 Å². The topological polar surface area (TPSA) is 49.4 Å². The first-order valence-corrected chi connectivity index (χ1v) is 9.43. The maximum Gasteiger partial charge on any atom is 0.285 e. The van der Waals surface area contributed by atoms with E-state index in [9.17, 15) is 14.0 Å². The van der Waals surface area contributed by atoms with Crippen LogP contribution in [0.4, 0.5) is 4.39 Å². The average Bonchev–Trinajstić information content (AvgIpc) is 3.16. The number of carbonyl (C=O) groups excluding carboxylic acids is 2. The second-order valence-electron chi connectivity index (χ2n) is 4.61. The van der Waals surface area contributed by atoms with Crippen molar-refractivity contribution >= 4 is 73.5 Å². The molecule has 24 heavy (non-hydrogen) atoms. The molecule has 0 bridgehead atoms. The monoisotopic (exact) mass is 442 g/mol. The molecule has 2 heterocycles. The minimum absolute atomic E-state index is 0.234. The highest BCUT2D eigenvalue weighted by molar-refractivity contribution is 9.10. The third-order valence-corrected chi connectivity index (χ3v) is 5.77. The van der Waals surface area contributed by atoms with Crippen LogP contribution in [0.5, 0.6) is 0 Å². The second kappa shape index (κ2) is 7.14. The van der Waals surface area contributed by atoms with Gasteiger partial charge in [0, 0.05) is 0 Å². The number of amides is 2. The quantitative estimate of drug-likeness (QED) is 0.571. The van der Waals surface area contributed by atoms with Crippen molar-refractivity contribution in [1.29, 1.82) is 0 Å². The highest BCUT2D eigenvalue weighted by atomic mass is 79.9. The number of hydrogen-bond donors (Lipinski definition) is 1. The summed E-state index contributed by atoms with van der Waals surface area (Å²) in [5.41, 5.74) is 3.15. The number of thiocarbonyl (C=S) groups is 1. The summed E-state index contributed by atoms with van der Waals surface area (Å²) in [4.78, 5) is 25.3. The van der Waals surface area contributed by atoms with Gasteiger partial charge >= 0.3 is 0 Å². The van der Waals surface area contributed by atoms with Gasteiger partial charge in [0.15, 0.2) is 4.32 Å². The van der Waals surface area contributed by atoms with Crippen LogP contribution >= 0.6 is 51.2 Å². The van der Waals surface area contributed by atoms with Crippen LogP contribution in [0.3, 0.4) is 0 Å². The molecule has 2 amide bonds. The molecule has 0 spiro atoms. The van der Waals surface area contributed by atoms with Gasteiger partial charge in [-0.2, -0.15) is 5.01 Å². The minimum Gasteiger partial charge on any atom is -0.266 e. The van der Waals surface area contributed by atoms with E-state index in [0.717, 1.165) is 16.8 Å². The smallest absolute Gasteiger partial charge is 0.266 e. The highest BCUT2D eigenvalue weighted by Crippen LogP contribution is 2.32. The molecule has 1 saturated heterocycles. The first-order chi connectivity index (χ1) is 11.5. The predicted molar refractivity (Wildman–Crippen MR) is 101 cm³/mol. The summed E-state index contributed by atoms with van der Waals surface area (Å²) in [6.45, 7) is 0. The number of halogens is 2. The third kappa shape index (κ3) is 3.59. The Kier molecular flexibility index (Phi) is 5.14. The summed E-state index contributed by atoms with van der Waals surface area (Å²) in [5, 5.41) is 2.82. The van der Waals surface area contributed by atoms with Crippen molar-refractivity contribution in [2.24, 2.45) is 0 Å². The number of thioether (sulfide) groups is 1. The Morgan fingerprint density at radius 1 is 1.38 bits per heavy atom. The van der Waals surface area contributed by atoms with Crippen molar-refractivity contribution in [2.45, 2.75) is 0 Å². The van der Waals surface area contributed by atoms with E-state index in [2.05, 4.69) is 21.4 Å². The number of benzene rings is 1. The molecule has 0 unspecified atom stereocenters. The number of thiophene rings is 1. The van der Waals surface area contributed by atoms with Gasteiger partial charge in [0.1, 0.15) is 5.82 Å². The van der Waals surface area contributed by atoms with E-state index in [4.69, 9.17) is 12.2 Å². The maximum absolute atomic E-state index is 13.3. The summed E-state index contributed by atoms with van der Waals surface area (Å²) < 4.78 is 13.8. The zero-order chi connectivity index (χ0) is 17.3. The lowest BCUT2D eigenvalue weighted by Gasteiger charge is -2.14. The number of nitrogens with zero attached hydrogens (tertiary/aromatic N) is 1. The predicted octanol–water partition coefficient (Wildman–Crippen LogP) is 4.20. The van der Waals surface area contributed by atoms with Gasteiger partial charge in [-0.25, -0.2) is 4.39 Å². The molecular weight excluding hydrogens is 435 g/mol. The summed E-state index contributed by atoms with van der Waals surface area (Å²) in [6.07, 6.45) is 1.60. The Hall–Kier alpha value is -1.55. The third-order valence-electron chi connectivity index (χ3n) is 2.99. The van der Waals surface area contributed by atoms with Crippen LogP contribution < -0.4 is 5.43 Å². The molecule has 1 aliphatic heterocycles. The molecule has 1 fully saturated rings. The van der Waals surface area contributed by atoms with Gasteiger partial charge in [-0.15, -0.1) is 11.3 Å². The van der Waals surface area contributed by atoms with Crippen LogP contribution in [0.25, 0.3) is 6.08 Å². The normalized spacial score (nSPS) is 16.1. The van der Waals surface area contributed by atoms with Crippen molar-refractivity contribution in [3.63, 3.8) is 0 Å². The molecule has 4 nitrogen and oxygen atoms in total. The van der Waals surface area contributed by atoms with Crippen molar-refractivity contribution in [3.8, 4) is 0 Å². The van der Waals surface area contributed by atoms with Gasteiger partial charge in [0.25, 0.3) is 11.8 Å². The fraction of sp³-hybridized carbons (Fsp3) is 0. The molecule has 1 N–H and O–H groups in total. The van der Waals surface area contributed by atoms with E-state index < -0.39 is 11.8 Å². The lowest BCUT2D eigenvalue weighted by Crippen LogP contribution is -2.44. The number of hydrazine groups is 1. The fourth-order valence-corrected chi connectivity index (χ4v) is 4.07. The van der Waals surface area contributed by atoms with Crippen molar-refractivity contribution in [1.82, 2.24) is 10.4 Å². The first-order valence-electron chi connectivity index (χ1n) is 6.53. The summed E-state index contributed by atoms with van der Waals surface area (Å²) in [6, 6.07) is 7.82. The Morgan fingerprint density at radius 3 is 2.83 bits per heavy atom. The SMILES string of the molecule is O=C(NN1C(=O)/C(=C\c2ccc(F)c(Br)c2)SC1=S)c1cccs1. The van der Waals surface area contributed by atoms with Gasteiger partial charge in [0.2, 0.25) is 0 Å². The van der Waals surface area contributed by atoms with E-state index in [-0.39, 0.29) is 10.1 Å². The molecule has 0 radical (unpaired) electrons.